The van der Waals surface area contributed by atoms with Crippen LogP contribution >= 0.6 is 0 Å². The van der Waals surface area contributed by atoms with E-state index in [2.05, 4.69) is 20.3 Å². The first kappa shape index (κ1) is 45.9. The highest BCUT2D eigenvalue weighted by atomic mass is 32.2. The molecule has 68 heavy (non-hydrogen) atoms. The molecule has 2 aromatic heterocycles. The third kappa shape index (κ3) is 8.61. The molecule has 4 atom stereocenters. The zero-order chi connectivity index (χ0) is 47.5. The number of imidazole rings is 1. The molecule has 8 aromatic rings. The summed E-state index contributed by atoms with van der Waals surface area (Å²) in [6, 6.07) is 54.0. The summed E-state index contributed by atoms with van der Waals surface area (Å²) in [6.07, 6.45) is -6.15. The summed E-state index contributed by atoms with van der Waals surface area (Å²) in [5.74, 6) is -0.845. The fraction of sp³-hybridized carbons (Fsp3) is 0.176. The maximum Gasteiger partial charge on any atom is 0.523 e. The number of amides is 1. The van der Waals surface area contributed by atoms with Gasteiger partial charge in [0.25, 0.3) is 5.56 Å². The molecule has 346 valence electrons. The Bertz CT molecular complexity index is 2970. The number of nitrogens with zero attached hydrogens (tertiary/aromatic N) is 3. The number of aromatic amines is 1. The summed E-state index contributed by atoms with van der Waals surface area (Å²) in [6.45, 7) is 0.593. The molecule has 1 aliphatic heterocycles. The van der Waals surface area contributed by atoms with E-state index in [1.807, 2.05) is 91.0 Å². The molecule has 17 heteroatoms. The summed E-state index contributed by atoms with van der Waals surface area (Å²) >= 11 is 0. The first-order valence-corrected chi connectivity index (χ1v) is 22.8. The monoisotopic (exact) mass is 941 g/mol. The van der Waals surface area contributed by atoms with Gasteiger partial charge in [-0.25, -0.2) is 4.98 Å². The van der Waals surface area contributed by atoms with Crippen molar-refractivity contribution in [2.75, 3.05) is 11.9 Å². The highest BCUT2D eigenvalue weighted by Crippen LogP contribution is 2.48. The predicted octanol–water partition coefficient (Wildman–Crippen LogP) is 8.60. The van der Waals surface area contributed by atoms with E-state index in [4.69, 9.17) is 18.4 Å². The topological polar surface area (TPSA) is 164 Å². The van der Waals surface area contributed by atoms with Crippen LogP contribution in [0.3, 0.4) is 0 Å². The molecule has 0 saturated carbocycles. The van der Waals surface area contributed by atoms with Gasteiger partial charge in [-0.05, 0) is 33.4 Å². The number of nitrogens with one attached hydrogen (secondary N) is 2. The predicted molar refractivity (Wildman–Crippen MR) is 245 cm³/mol. The molecule has 2 N–H and O–H groups in total. The Morgan fingerprint density at radius 1 is 0.676 bits per heavy atom. The SMILES string of the molecule is CC(=O)Nc1nc2c(ncn2[C@@H]2O[C@H](COC(c3ccccc3)(c3ccccc3)c3ccccc3)[C@@H](OS(=O)(=O)C(F)(F)F)[C@H]2OC(c2ccccc2)(c2ccccc2)c2ccccc2)c(=O)[nH]1. The summed E-state index contributed by atoms with van der Waals surface area (Å²) in [5.41, 5.74) is -6.89. The molecule has 13 nitrogen and oxygen atoms in total. The van der Waals surface area contributed by atoms with Gasteiger partial charge in [-0.3, -0.25) is 28.6 Å². The third-order valence-corrected chi connectivity index (χ3v) is 12.7. The second-order valence-corrected chi connectivity index (χ2v) is 17.5. The Morgan fingerprint density at radius 2 is 1.09 bits per heavy atom. The van der Waals surface area contributed by atoms with Gasteiger partial charge in [-0.2, -0.15) is 26.6 Å². The molecule has 1 fully saturated rings. The molecule has 0 unspecified atom stereocenters. The molecule has 9 rings (SSSR count). The number of aromatic nitrogens is 4. The Balaban J connectivity index is 1.29. The van der Waals surface area contributed by atoms with Crippen LogP contribution in [0.4, 0.5) is 19.1 Å². The summed E-state index contributed by atoms with van der Waals surface area (Å²) < 4.78 is 99.2. The zero-order valence-electron chi connectivity index (χ0n) is 36.1. The van der Waals surface area contributed by atoms with Gasteiger partial charge in [0.1, 0.15) is 29.5 Å². The van der Waals surface area contributed by atoms with Gasteiger partial charge < -0.3 is 14.2 Å². The molecular weight excluding hydrogens is 900 g/mol. The van der Waals surface area contributed by atoms with E-state index in [9.17, 15) is 31.2 Å². The van der Waals surface area contributed by atoms with Gasteiger partial charge in [0.2, 0.25) is 11.9 Å². The summed E-state index contributed by atoms with van der Waals surface area (Å²) in [4.78, 5) is 36.9. The smallest absolute Gasteiger partial charge is 0.358 e. The van der Waals surface area contributed by atoms with Crippen molar-refractivity contribution in [3.05, 3.63) is 232 Å². The van der Waals surface area contributed by atoms with Crippen LogP contribution in [-0.2, 0) is 44.5 Å². The van der Waals surface area contributed by atoms with Crippen LogP contribution < -0.4 is 10.9 Å². The van der Waals surface area contributed by atoms with Crippen LogP contribution in [0.2, 0.25) is 0 Å². The lowest BCUT2D eigenvalue weighted by Gasteiger charge is -2.40. The number of halogens is 3. The van der Waals surface area contributed by atoms with E-state index in [1.54, 1.807) is 91.0 Å². The van der Waals surface area contributed by atoms with Crippen molar-refractivity contribution in [1.82, 2.24) is 19.5 Å². The fourth-order valence-corrected chi connectivity index (χ4v) is 9.38. The van der Waals surface area contributed by atoms with Gasteiger partial charge in [0, 0.05) is 6.92 Å². The lowest BCUT2D eigenvalue weighted by Crippen LogP contribution is -2.48. The average molecular weight is 942 g/mol. The lowest BCUT2D eigenvalue weighted by atomic mass is 9.79. The molecule has 1 amide bonds. The number of fused-ring (bicyclic) bond motifs is 1. The number of rotatable bonds is 15. The number of hydrogen-bond acceptors (Lipinski definition) is 10. The van der Waals surface area contributed by atoms with E-state index >= 15 is 0 Å². The Hall–Kier alpha value is -7.28. The third-order valence-electron chi connectivity index (χ3n) is 11.7. The zero-order valence-corrected chi connectivity index (χ0v) is 36.9. The van der Waals surface area contributed by atoms with Gasteiger partial charge >= 0.3 is 15.6 Å². The Labute approximate surface area is 388 Å². The van der Waals surface area contributed by atoms with E-state index < -0.39 is 69.4 Å². The molecule has 3 heterocycles. The molecule has 0 aliphatic carbocycles. The van der Waals surface area contributed by atoms with E-state index in [-0.39, 0.29) is 17.1 Å². The van der Waals surface area contributed by atoms with Crippen LogP contribution in [-0.4, -0.2) is 64.3 Å². The van der Waals surface area contributed by atoms with Crippen molar-refractivity contribution in [1.29, 1.82) is 0 Å². The van der Waals surface area contributed by atoms with Gasteiger partial charge in [-0.1, -0.05) is 182 Å². The summed E-state index contributed by atoms with van der Waals surface area (Å²) in [7, 11) is -6.43. The number of anilines is 1. The fourth-order valence-electron chi connectivity index (χ4n) is 8.75. The van der Waals surface area contributed by atoms with Gasteiger partial charge in [0.05, 0.1) is 12.9 Å². The second-order valence-electron chi connectivity index (χ2n) is 15.9. The number of carbonyl (C=O) groups excluding carboxylic acids is 1. The quantitative estimate of drug-likeness (QED) is 0.0578. The van der Waals surface area contributed by atoms with E-state index in [0.29, 0.717) is 33.4 Å². The van der Waals surface area contributed by atoms with Crippen LogP contribution in [0.25, 0.3) is 11.2 Å². The van der Waals surface area contributed by atoms with Crippen LogP contribution in [0.5, 0.6) is 0 Å². The maximum atomic E-state index is 14.8. The highest BCUT2D eigenvalue weighted by Gasteiger charge is 2.58. The van der Waals surface area contributed by atoms with Crippen molar-refractivity contribution < 1.29 is 44.8 Å². The van der Waals surface area contributed by atoms with E-state index in [0.717, 1.165) is 0 Å². The van der Waals surface area contributed by atoms with E-state index in [1.165, 1.54) is 17.8 Å². The summed E-state index contributed by atoms with van der Waals surface area (Å²) in [5, 5.41) is 2.44. The second kappa shape index (κ2) is 18.8. The van der Waals surface area contributed by atoms with Crippen LogP contribution in [0.1, 0.15) is 46.5 Å². The molecule has 1 saturated heterocycles. The number of hydrogen-bond donors (Lipinski definition) is 2. The number of H-pyrrole nitrogens is 1. The lowest BCUT2D eigenvalue weighted by molar-refractivity contribution is -0.122. The number of benzene rings is 6. The van der Waals surface area contributed by atoms with Gasteiger partial charge in [-0.15, -0.1) is 0 Å². The first-order valence-electron chi connectivity index (χ1n) is 21.4. The molecule has 0 radical (unpaired) electrons. The van der Waals surface area contributed by atoms with Crippen molar-refractivity contribution in [3.8, 4) is 0 Å². The maximum absolute atomic E-state index is 14.8. The highest BCUT2D eigenvalue weighted by molar-refractivity contribution is 7.87. The molecule has 0 bridgehead atoms. The number of carbonyl (C=O) groups is 1. The average Bonchev–Trinajstić information content (AvgIpc) is 3.92. The largest absolute Gasteiger partial charge is 0.523 e. The minimum atomic E-state index is -6.43. The van der Waals surface area contributed by atoms with Crippen molar-refractivity contribution in [2.24, 2.45) is 0 Å². The molecular formula is C51H42F3N5O8S. The first-order chi connectivity index (χ1) is 32.8. The van der Waals surface area contributed by atoms with Crippen LogP contribution in [0, 0.1) is 0 Å². The molecule has 0 spiro atoms. The van der Waals surface area contributed by atoms with Crippen LogP contribution in [0.15, 0.2) is 193 Å². The Kier molecular flexibility index (Phi) is 12.7. The Morgan fingerprint density at radius 3 is 1.49 bits per heavy atom. The standard InChI is InChI=1S/C51H42F3N5O8S/c1-34(60)56-48-57-45-42(46(61)58-48)55-33-59(45)47-44(66-50(38-26-14-5-15-27-38,39-28-16-6-17-29-39)40-30-18-7-19-31-40)43(67-68(62,63)51(52,53)54)41(65-47)32-64-49(35-20-8-2-9-21-35,36-22-10-3-11-23-36)37-24-12-4-13-25-37/h2-31,33,41,43-44,47H,32H2,1H3,(H2,56,57,58,60,61)/t41-,43-,44-,47-/m1/s1. The van der Waals surface area contributed by atoms with Gasteiger partial charge in [0.15, 0.2) is 17.4 Å². The minimum absolute atomic E-state index is 0.188. The van der Waals surface area contributed by atoms with Crippen molar-refractivity contribution >= 4 is 33.1 Å². The van der Waals surface area contributed by atoms with Crippen molar-refractivity contribution in [2.45, 2.75) is 48.2 Å². The minimum Gasteiger partial charge on any atom is -0.358 e. The molecule has 6 aromatic carbocycles. The van der Waals surface area contributed by atoms with Crippen molar-refractivity contribution in [3.63, 3.8) is 0 Å². The number of alkyl halides is 3. The normalized spacial score (nSPS) is 17.8. The molecule has 1 aliphatic rings. The number of ether oxygens (including phenoxy) is 3.